The standard InChI is InChI=1S/C21H25ClN2O6S/c1-24(13-14-5-3-2-4-6-14)19(25)11-17-20(26)21(27)18(30-17)12-23-31(28,29)16-9-7-15(22)8-10-16/h2-10,17-18,20-21,23,26-27H,11-13H2,1H3. The molecule has 1 amide bonds. The van der Waals surface area contributed by atoms with Crippen molar-refractivity contribution in [2.45, 2.75) is 42.3 Å². The monoisotopic (exact) mass is 468 g/mol. The Morgan fingerprint density at radius 1 is 1.06 bits per heavy atom. The summed E-state index contributed by atoms with van der Waals surface area (Å²) >= 11 is 5.78. The number of ether oxygens (including phenoxy) is 1. The number of hydrogen-bond donors (Lipinski definition) is 3. The predicted molar refractivity (Wildman–Crippen MR) is 115 cm³/mol. The zero-order chi connectivity index (χ0) is 22.6. The van der Waals surface area contributed by atoms with Crippen molar-refractivity contribution in [3.8, 4) is 0 Å². The maximum Gasteiger partial charge on any atom is 0.240 e. The molecule has 1 heterocycles. The molecule has 2 aromatic rings. The molecular weight excluding hydrogens is 444 g/mol. The molecule has 0 aliphatic carbocycles. The van der Waals surface area contributed by atoms with Crippen LogP contribution in [-0.4, -0.2) is 67.4 Å². The van der Waals surface area contributed by atoms with Gasteiger partial charge in [-0.2, -0.15) is 0 Å². The number of carbonyl (C=O) groups excluding carboxylic acids is 1. The molecule has 10 heteroatoms. The van der Waals surface area contributed by atoms with Crippen LogP contribution in [0, 0.1) is 0 Å². The smallest absolute Gasteiger partial charge is 0.240 e. The Labute approximate surface area is 186 Å². The number of benzene rings is 2. The lowest BCUT2D eigenvalue weighted by Crippen LogP contribution is -2.40. The summed E-state index contributed by atoms with van der Waals surface area (Å²) in [5.41, 5.74) is 0.959. The number of nitrogens with one attached hydrogen (secondary N) is 1. The van der Waals surface area contributed by atoms with Gasteiger partial charge in [0, 0.05) is 25.2 Å². The Balaban J connectivity index is 1.55. The van der Waals surface area contributed by atoms with Gasteiger partial charge in [-0.3, -0.25) is 4.79 Å². The van der Waals surface area contributed by atoms with Crippen LogP contribution in [0.4, 0.5) is 0 Å². The van der Waals surface area contributed by atoms with Gasteiger partial charge in [-0.05, 0) is 29.8 Å². The van der Waals surface area contributed by atoms with Crippen LogP contribution in [0.1, 0.15) is 12.0 Å². The first-order chi connectivity index (χ1) is 14.7. The summed E-state index contributed by atoms with van der Waals surface area (Å²) in [4.78, 5) is 14.0. The molecule has 0 radical (unpaired) electrons. The van der Waals surface area contributed by atoms with Crippen LogP contribution in [0.3, 0.4) is 0 Å². The van der Waals surface area contributed by atoms with Gasteiger partial charge in [0.1, 0.15) is 18.3 Å². The van der Waals surface area contributed by atoms with Crippen LogP contribution in [0.2, 0.25) is 5.02 Å². The minimum absolute atomic E-state index is 0.0131. The molecule has 4 unspecified atom stereocenters. The van der Waals surface area contributed by atoms with Crippen LogP contribution >= 0.6 is 11.6 Å². The van der Waals surface area contributed by atoms with Crippen molar-refractivity contribution in [1.82, 2.24) is 9.62 Å². The van der Waals surface area contributed by atoms with Gasteiger partial charge in [0.2, 0.25) is 15.9 Å². The third kappa shape index (κ3) is 6.03. The number of aliphatic hydroxyl groups is 2. The summed E-state index contributed by atoms with van der Waals surface area (Å²) in [6.45, 7) is 0.142. The molecule has 1 saturated heterocycles. The van der Waals surface area contributed by atoms with E-state index in [4.69, 9.17) is 16.3 Å². The second kappa shape index (κ2) is 10.1. The minimum atomic E-state index is -3.85. The van der Waals surface area contributed by atoms with Gasteiger partial charge in [0.25, 0.3) is 0 Å². The third-order valence-corrected chi connectivity index (χ3v) is 6.82. The first kappa shape index (κ1) is 23.6. The number of carbonyl (C=O) groups is 1. The summed E-state index contributed by atoms with van der Waals surface area (Å²) in [5.74, 6) is -0.262. The van der Waals surface area contributed by atoms with Crippen molar-refractivity contribution in [3.05, 3.63) is 65.2 Å². The zero-order valence-electron chi connectivity index (χ0n) is 16.9. The van der Waals surface area contributed by atoms with Gasteiger partial charge < -0.3 is 19.8 Å². The molecule has 3 rings (SSSR count). The summed E-state index contributed by atoms with van der Waals surface area (Å²) in [5, 5.41) is 21.0. The molecule has 0 spiro atoms. The number of amides is 1. The average molecular weight is 469 g/mol. The molecule has 31 heavy (non-hydrogen) atoms. The summed E-state index contributed by atoms with van der Waals surface area (Å²) < 4.78 is 32.8. The minimum Gasteiger partial charge on any atom is -0.388 e. The zero-order valence-corrected chi connectivity index (χ0v) is 18.5. The molecule has 2 aromatic carbocycles. The quantitative estimate of drug-likeness (QED) is 0.535. The molecule has 1 aliphatic heterocycles. The van der Waals surface area contributed by atoms with Crippen molar-refractivity contribution >= 4 is 27.5 Å². The number of nitrogens with zero attached hydrogens (tertiary/aromatic N) is 1. The molecule has 3 N–H and O–H groups in total. The summed E-state index contributed by atoms with van der Waals surface area (Å²) in [6.07, 6.45) is -4.70. The molecule has 0 bridgehead atoms. The first-order valence-electron chi connectivity index (χ1n) is 9.72. The summed E-state index contributed by atoms with van der Waals surface area (Å²) in [7, 11) is -2.21. The van der Waals surface area contributed by atoms with Gasteiger partial charge in [0.05, 0.1) is 17.4 Å². The topological polar surface area (TPSA) is 116 Å². The highest BCUT2D eigenvalue weighted by Crippen LogP contribution is 2.25. The van der Waals surface area contributed by atoms with E-state index < -0.39 is 34.4 Å². The number of sulfonamides is 1. The van der Waals surface area contributed by atoms with E-state index in [0.29, 0.717) is 11.6 Å². The van der Waals surface area contributed by atoms with E-state index in [-0.39, 0.29) is 23.8 Å². The number of rotatable bonds is 8. The maximum atomic E-state index is 12.5. The highest BCUT2D eigenvalue weighted by molar-refractivity contribution is 7.89. The molecule has 4 atom stereocenters. The van der Waals surface area contributed by atoms with Gasteiger partial charge >= 0.3 is 0 Å². The molecule has 8 nitrogen and oxygen atoms in total. The summed E-state index contributed by atoms with van der Waals surface area (Å²) in [6, 6.07) is 15.1. The van der Waals surface area contributed by atoms with Crippen molar-refractivity contribution in [3.63, 3.8) is 0 Å². The second-order valence-electron chi connectivity index (χ2n) is 7.44. The Morgan fingerprint density at radius 3 is 2.32 bits per heavy atom. The normalized spacial score (nSPS) is 23.6. The first-order valence-corrected chi connectivity index (χ1v) is 11.6. The molecule has 168 valence electrons. The molecule has 1 fully saturated rings. The Hall–Kier alpha value is -2.01. The SMILES string of the molecule is CN(Cc1ccccc1)C(=O)CC1OC(CNS(=O)(=O)c2ccc(Cl)cc2)C(O)C1O. The average Bonchev–Trinajstić information content (AvgIpc) is 3.01. The lowest BCUT2D eigenvalue weighted by Gasteiger charge is -2.21. The lowest BCUT2D eigenvalue weighted by atomic mass is 10.1. The number of halogens is 1. The Morgan fingerprint density at radius 2 is 1.68 bits per heavy atom. The number of hydrogen-bond acceptors (Lipinski definition) is 6. The highest BCUT2D eigenvalue weighted by Gasteiger charge is 2.43. The Kier molecular flexibility index (Phi) is 7.68. The molecular formula is C21H25ClN2O6S. The van der Waals surface area contributed by atoms with E-state index >= 15 is 0 Å². The molecule has 1 aliphatic rings. The van der Waals surface area contributed by atoms with Crippen LogP contribution in [0.25, 0.3) is 0 Å². The van der Waals surface area contributed by atoms with E-state index in [1.807, 2.05) is 30.3 Å². The predicted octanol–water partition coefficient (Wildman–Crippen LogP) is 1.16. The van der Waals surface area contributed by atoms with E-state index in [1.54, 1.807) is 7.05 Å². The molecule has 0 aromatic heterocycles. The van der Waals surface area contributed by atoms with Crippen molar-refractivity contribution in [2.75, 3.05) is 13.6 Å². The van der Waals surface area contributed by atoms with E-state index in [0.717, 1.165) is 5.56 Å². The molecule has 0 saturated carbocycles. The fraction of sp³-hybridized carbons (Fsp3) is 0.381. The van der Waals surface area contributed by atoms with Crippen molar-refractivity contribution < 1.29 is 28.2 Å². The van der Waals surface area contributed by atoms with E-state index in [1.165, 1.54) is 29.2 Å². The van der Waals surface area contributed by atoms with Gasteiger partial charge in [-0.1, -0.05) is 41.9 Å². The third-order valence-electron chi connectivity index (χ3n) is 5.12. The maximum absolute atomic E-state index is 12.5. The van der Waals surface area contributed by atoms with Crippen LogP contribution in [-0.2, 0) is 26.1 Å². The fourth-order valence-corrected chi connectivity index (χ4v) is 4.50. The van der Waals surface area contributed by atoms with Crippen LogP contribution in [0.5, 0.6) is 0 Å². The largest absolute Gasteiger partial charge is 0.388 e. The van der Waals surface area contributed by atoms with Crippen molar-refractivity contribution in [2.24, 2.45) is 0 Å². The van der Waals surface area contributed by atoms with Gasteiger partial charge in [0.15, 0.2) is 0 Å². The lowest BCUT2D eigenvalue weighted by molar-refractivity contribution is -0.134. The van der Waals surface area contributed by atoms with Gasteiger partial charge in [-0.25, -0.2) is 13.1 Å². The van der Waals surface area contributed by atoms with Crippen molar-refractivity contribution in [1.29, 1.82) is 0 Å². The van der Waals surface area contributed by atoms with E-state index in [2.05, 4.69) is 4.72 Å². The second-order valence-corrected chi connectivity index (χ2v) is 9.64. The Bertz CT molecular complexity index is 987. The van der Waals surface area contributed by atoms with Crippen LogP contribution in [0.15, 0.2) is 59.5 Å². The van der Waals surface area contributed by atoms with E-state index in [9.17, 15) is 23.4 Å². The fourth-order valence-electron chi connectivity index (χ4n) is 3.33. The highest BCUT2D eigenvalue weighted by atomic mass is 35.5. The van der Waals surface area contributed by atoms with Crippen LogP contribution < -0.4 is 4.72 Å². The number of aliphatic hydroxyl groups excluding tert-OH is 2. The van der Waals surface area contributed by atoms with Gasteiger partial charge in [-0.15, -0.1) is 0 Å².